The highest BCUT2D eigenvalue weighted by atomic mass is 16.5. The van der Waals surface area contributed by atoms with Gasteiger partial charge in [0.05, 0.1) is 43.6 Å². The summed E-state index contributed by atoms with van der Waals surface area (Å²) in [5, 5.41) is 9.07. The van der Waals surface area contributed by atoms with E-state index in [9.17, 15) is 4.79 Å². The summed E-state index contributed by atoms with van der Waals surface area (Å²) < 4.78 is 6.59. The highest BCUT2D eigenvalue weighted by Crippen LogP contribution is 2.10. The Morgan fingerprint density at radius 3 is 3.00 bits per heavy atom. The maximum Gasteiger partial charge on any atom is 0.261 e. The van der Waals surface area contributed by atoms with Crippen LogP contribution in [0.3, 0.4) is 0 Å². The number of benzene rings is 1. The molecule has 0 amide bonds. The van der Waals surface area contributed by atoms with Crippen LogP contribution in [0.5, 0.6) is 0 Å². The summed E-state index contributed by atoms with van der Waals surface area (Å²) in [6, 6.07) is 5.05. The van der Waals surface area contributed by atoms with E-state index in [1.165, 1.54) is 10.9 Å². The highest BCUT2D eigenvalue weighted by molar-refractivity contribution is 5.80. The molecule has 18 heavy (non-hydrogen) atoms. The van der Waals surface area contributed by atoms with E-state index in [1.54, 1.807) is 18.2 Å². The molecule has 0 fully saturated rings. The molecule has 0 aliphatic carbocycles. The number of aromatic nitrogens is 2. The minimum atomic E-state index is -0.139. The number of hydrogen-bond donors (Lipinski definition) is 2. The molecule has 3 N–H and O–H groups in total. The quantitative estimate of drug-likeness (QED) is 0.574. The lowest BCUT2D eigenvalue weighted by atomic mass is 10.2. The topological polar surface area (TPSA) is 90.4 Å². The number of hydrogen-bond acceptors (Lipinski definition) is 5. The zero-order valence-corrected chi connectivity index (χ0v) is 9.87. The summed E-state index contributed by atoms with van der Waals surface area (Å²) in [6.07, 6.45) is 1.49. The smallest absolute Gasteiger partial charge is 0.261 e. The highest BCUT2D eigenvalue weighted by Gasteiger charge is 2.04. The Bertz CT molecular complexity index is 595. The number of nitrogens with two attached hydrogens (primary N) is 1. The lowest BCUT2D eigenvalue weighted by Crippen LogP contribution is -2.23. The van der Waals surface area contributed by atoms with Crippen molar-refractivity contribution in [1.29, 1.82) is 0 Å². The van der Waals surface area contributed by atoms with Gasteiger partial charge in [-0.2, -0.15) is 0 Å². The first-order valence-electron chi connectivity index (χ1n) is 5.65. The van der Waals surface area contributed by atoms with Gasteiger partial charge in [0, 0.05) is 5.69 Å². The minimum Gasteiger partial charge on any atom is -0.399 e. The zero-order chi connectivity index (χ0) is 13.0. The van der Waals surface area contributed by atoms with Gasteiger partial charge in [0.25, 0.3) is 5.56 Å². The molecule has 0 bridgehead atoms. The van der Waals surface area contributed by atoms with Gasteiger partial charge in [0.2, 0.25) is 0 Å². The molecular formula is C12H15N3O3. The van der Waals surface area contributed by atoms with Gasteiger partial charge in [-0.1, -0.05) is 0 Å². The van der Waals surface area contributed by atoms with E-state index in [-0.39, 0.29) is 18.8 Å². The van der Waals surface area contributed by atoms with Crippen molar-refractivity contribution in [3.05, 3.63) is 34.9 Å². The second-order valence-corrected chi connectivity index (χ2v) is 3.86. The van der Waals surface area contributed by atoms with Crippen molar-refractivity contribution in [3.8, 4) is 0 Å². The summed E-state index contributed by atoms with van der Waals surface area (Å²) in [6.45, 7) is 0.997. The van der Waals surface area contributed by atoms with Gasteiger partial charge in [0.15, 0.2) is 0 Å². The van der Waals surface area contributed by atoms with E-state index in [2.05, 4.69) is 4.98 Å². The van der Waals surface area contributed by atoms with Crippen LogP contribution < -0.4 is 11.3 Å². The van der Waals surface area contributed by atoms with Crippen LogP contribution in [0.1, 0.15) is 0 Å². The molecule has 0 atom stereocenters. The van der Waals surface area contributed by atoms with Crippen LogP contribution in [-0.4, -0.2) is 34.5 Å². The molecule has 0 aliphatic heterocycles. The number of nitrogens with zero attached hydrogens (tertiary/aromatic N) is 2. The van der Waals surface area contributed by atoms with Crippen LogP contribution in [-0.2, 0) is 11.3 Å². The molecule has 96 valence electrons. The number of anilines is 1. The van der Waals surface area contributed by atoms with Crippen LogP contribution in [0, 0.1) is 0 Å². The Labute approximate surface area is 104 Å². The third-order valence-corrected chi connectivity index (χ3v) is 2.56. The molecular weight excluding hydrogens is 234 g/mol. The van der Waals surface area contributed by atoms with E-state index >= 15 is 0 Å². The third kappa shape index (κ3) is 2.66. The first-order valence-corrected chi connectivity index (χ1v) is 5.65. The fourth-order valence-electron chi connectivity index (χ4n) is 1.67. The molecule has 0 aliphatic rings. The van der Waals surface area contributed by atoms with Crippen molar-refractivity contribution < 1.29 is 9.84 Å². The summed E-state index contributed by atoms with van der Waals surface area (Å²) in [5.74, 6) is 0. The molecule has 0 spiro atoms. The van der Waals surface area contributed by atoms with Crippen molar-refractivity contribution in [2.75, 3.05) is 25.6 Å². The largest absolute Gasteiger partial charge is 0.399 e. The standard InChI is InChI=1S/C12H15N3O3/c13-9-1-2-11-10(7-9)12(17)15(8-14-11)3-5-18-6-4-16/h1-2,7-8,16H,3-6,13H2. The summed E-state index contributed by atoms with van der Waals surface area (Å²) >= 11 is 0. The van der Waals surface area contributed by atoms with Crippen molar-refractivity contribution in [1.82, 2.24) is 9.55 Å². The lowest BCUT2D eigenvalue weighted by molar-refractivity contribution is 0.0865. The van der Waals surface area contributed by atoms with Gasteiger partial charge < -0.3 is 15.6 Å². The average Bonchev–Trinajstić information content (AvgIpc) is 2.38. The minimum absolute atomic E-state index is 0.0264. The third-order valence-electron chi connectivity index (χ3n) is 2.56. The average molecular weight is 249 g/mol. The Balaban J connectivity index is 2.24. The number of aliphatic hydroxyl groups excluding tert-OH is 1. The van der Waals surface area contributed by atoms with E-state index in [0.717, 1.165) is 0 Å². The maximum absolute atomic E-state index is 12.1. The van der Waals surface area contributed by atoms with E-state index in [4.69, 9.17) is 15.6 Å². The molecule has 0 radical (unpaired) electrons. The number of ether oxygens (including phenoxy) is 1. The first-order chi connectivity index (χ1) is 8.72. The van der Waals surface area contributed by atoms with Gasteiger partial charge in [-0.05, 0) is 18.2 Å². The Hall–Kier alpha value is -1.92. The Morgan fingerprint density at radius 2 is 2.22 bits per heavy atom. The molecule has 6 nitrogen and oxygen atoms in total. The van der Waals surface area contributed by atoms with Crippen LogP contribution in [0.25, 0.3) is 10.9 Å². The van der Waals surface area contributed by atoms with Crippen LogP contribution in [0.4, 0.5) is 5.69 Å². The number of aliphatic hydroxyl groups is 1. The fraction of sp³-hybridized carbons (Fsp3) is 0.333. The predicted octanol–water partition coefficient (Wildman–Crippen LogP) is -0.0124. The van der Waals surface area contributed by atoms with Crippen molar-refractivity contribution >= 4 is 16.6 Å². The van der Waals surface area contributed by atoms with Gasteiger partial charge in [-0.3, -0.25) is 9.36 Å². The second kappa shape index (κ2) is 5.61. The lowest BCUT2D eigenvalue weighted by Gasteiger charge is -2.07. The van der Waals surface area contributed by atoms with Gasteiger partial charge in [-0.15, -0.1) is 0 Å². The van der Waals surface area contributed by atoms with Crippen molar-refractivity contribution in [2.45, 2.75) is 6.54 Å². The Morgan fingerprint density at radius 1 is 1.39 bits per heavy atom. The van der Waals surface area contributed by atoms with Gasteiger partial charge in [0.1, 0.15) is 0 Å². The second-order valence-electron chi connectivity index (χ2n) is 3.86. The number of nitrogen functional groups attached to an aromatic ring is 1. The van der Waals surface area contributed by atoms with Crippen LogP contribution >= 0.6 is 0 Å². The van der Waals surface area contributed by atoms with Crippen molar-refractivity contribution in [3.63, 3.8) is 0 Å². The molecule has 1 aromatic carbocycles. The van der Waals surface area contributed by atoms with Gasteiger partial charge in [-0.25, -0.2) is 4.98 Å². The van der Waals surface area contributed by atoms with E-state index < -0.39 is 0 Å². The normalized spacial score (nSPS) is 10.9. The van der Waals surface area contributed by atoms with E-state index in [0.29, 0.717) is 29.7 Å². The maximum atomic E-state index is 12.1. The molecule has 0 saturated carbocycles. The Kier molecular flexibility index (Phi) is 3.91. The summed E-state index contributed by atoms with van der Waals surface area (Å²) in [4.78, 5) is 16.3. The SMILES string of the molecule is Nc1ccc2ncn(CCOCCO)c(=O)c2c1. The van der Waals surface area contributed by atoms with Crippen LogP contribution in [0.2, 0.25) is 0 Å². The predicted molar refractivity (Wildman–Crippen MR) is 68.3 cm³/mol. The monoisotopic (exact) mass is 249 g/mol. The molecule has 0 unspecified atom stereocenters. The molecule has 0 saturated heterocycles. The van der Waals surface area contributed by atoms with Gasteiger partial charge >= 0.3 is 0 Å². The molecule has 6 heteroatoms. The molecule has 1 heterocycles. The molecule has 2 aromatic rings. The first kappa shape index (κ1) is 12.5. The van der Waals surface area contributed by atoms with Crippen LogP contribution in [0.15, 0.2) is 29.3 Å². The fourth-order valence-corrected chi connectivity index (χ4v) is 1.67. The van der Waals surface area contributed by atoms with E-state index in [1.807, 2.05) is 0 Å². The summed E-state index contributed by atoms with van der Waals surface area (Å²) in [7, 11) is 0. The summed E-state index contributed by atoms with van der Waals surface area (Å²) in [5.41, 5.74) is 6.68. The molecule has 2 rings (SSSR count). The zero-order valence-electron chi connectivity index (χ0n) is 9.87. The van der Waals surface area contributed by atoms with Crippen molar-refractivity contribution in [2.24, 2.45) is 0 Å². The molecule has 1 aromatic heterocycles. The number of fused-ring (bicyclic) bond motifs is 1. The number of rotatable bonds is 5.